The highest BCUT2D eigenvalue weighted by atomic mass is 79.9. The van der Waals surface area contributed by atoms with Gasteiger partial charge in [0.15, 0.2) is 11.5 Å². The Morgan fingerprint density at radius 2 is 2.27 bits per heavy atom. The number of phenolic OH excluding ortho intramolecular Hbond substituents is 1. The lowest BCUT2D eigenvalue weighted by Gasteiger charge is -2.08. The summed E-state index contributed by atoms with van der Waals surface area (Å²) in [6.45, 7) is -0.162. The van der Waals surface area contributed by atoms with Gasteiger partial charge in [-0.1, -0.05) is 6.07 Å². The third-order valence-corrected chi connectivity index (χ3v) is 2.83. The summed E-state index contributed by atoms with van der Waals surface area (Å²) in [6, 6.07) is 3.27. The average Bonchev–Trinajstić information content (AvgIpc) is 2.20. The van der Waals surface area contributed by atoms with E-state index in [1.165, 1.54) is 7.11 Å². The number of ether oxygens (including phenoxy) is 1. The second kappa shape index (κ2) is 4.97. The van der Waals surface area contributed by atoms with E-state index in [9.17, 15) is 15.2 Å². The molecule has 0 bridgehead atoms. The van der Waals surface area contributed by atoms with E-state index in [0.717, 1.165) is 0 Å². The third kappa shape index (κ3) is 2.82. The van der Waals surface area contributed by atoms with Crippen LogP contribution in [0.25, 0.3) is 0 Å². The summed E-state index contributed by atoms with van der Waals surface area (Å²) >= 11 is 3.17. The molecule has 1 aromatic carbocycles. The molecule has 0 atom stereocenters. The van der Waals surface area contributed by atoms with E-state index < -0.39 is 4.92 Å². The summed E-state index contributed by atoms with van der Waals surface area (Å²) < 4.78 is 5.34. The molecule has 82 valence electrons. The zero-order valence-corrected chi connectivity index (χ0v) is 9.65. The van der Waals surface area contributed by atoms with Crippen LogP contribution in [0, 0.1) is 10.1 Å². The van der Waals surface area contributed by atoms with E-state index in [0.29, 0.717) is 15.8 Å². The van der Waals surface area contributed by atoms with Gasteiger partial charge >= 0.3 is 0 Å². The summed E-state index contributed by atoms with van der Waals surface area (Å²) in [6.07, 6.45) is 0.269. The van der Waals surface area contributed by atoms with E-state index in [4.69, 9.17) is 4.74 Å². The van der Waals surface area contributed by atoms with Gasteiger partial charge in [-0.15, -0.1) is 0 Å². The SMILES string of the molecule is COc1ccc(CC[N+](=O)[O-])c(Br)c1O. The molecule has 5 nitrogen and oxygen atoms in total. The first-order chi connectivity index (χ1) is 7.06. The molecule has 0 saturated carbocycles. The lowest BCUT2D eigenvalue weighted by Crippen LogP contribution is -2.04. The molecule has 1 N–H and O–H groups in total. The van der Waals surface area contributed by atoms with Gasteiger partial charge in [-0.25, -0.2) is 0 Å². The number of nitrogens with zero attached hydrogens (tertiary/aromatic N) is 1. The minimum atomic E-state index is -0.395. The summed E-state index contributed by atoms with van der Waals surface area (Å²) in [4.78, 5) is 9.80. The fourth-order valence-electron chi connectivity index (χ4n) is 1.16. The van der Waals surface area contributed by atoms with Crippen molar-refractivity contribution in [3.05, 3.63) is 32.3 Å². The molecule has 0 heterocycles. The normalized spacial score (nSPS) is 10.0. The molecule has 1 aromatic rings. The Morgan fingerprint density at radius 3 is 2.80 bits per heavy atom. The van der Waals surface area contributed by atoms with Crippen molar-refractivity contribution in [2.24, 2.45) is 0 Å². The molecule has 0 amide bonds. The Morgan fingerprint density at radius 1 is 1.60 bits per heavy atom. The van der Waals surface area contributed by atoms with Gasteiger partial charge in [0.05, 0.1) is 11.6 Å². The predicted molar refractivity (Wildman–Crippen MR) is 57.9 cm³/mol. The molecular weight excluding hydrogens is 266 g/mol. The van der Waals surface area contributed by atoms with Gasteiger partial charge in [0.2, 0.25) is 6.54 Å². The van der Waals surface area contributed by atoms with Gasteiger partial charge in [-0.05, 0) is 27.6 Å². The Labute approximate surface area is 95.0 Å². The number of aromatic hydroxyl groups is 1. The first-order valence-electron chi connectivity index (χ1n) is 4.22. The first-order valence-corrected chi connectivity index (χ1v) is 5.01. The third-order valence-electron chi connectivity index (χ3n) is 1.94. The lowest BCUT2D eigenvalue weighted by molar-refractivity contribution is -0.479. The van der Waals surface area contributed by atoms with Gasteiger partial charge in [0, 0.05) is 11.3 Å². The van der Waals surface area contributed by atoms with Crippen LogP contribution in [0.4, 0.5) is 0 Å². The van der Waals surface area contributed by atoms with Crippen LogP contribution >= 0.6 is 15.9 Å². The Bertz CT molecular complexity index is 381. The number of hydrogen-bond acceptors (Lipinski definition) is 4. The standard InChI is InChI=1S/C9H10BrNO4/c1-15-7-3-2-6(4-5-11(13)14)8(10)9(7)12/h2-3,12H,4-5H2,1H3. The van der Waals surface area contributed by atoms with Crippen LogP contribution in [0.1, 0.15) is 5.56 Å². The van der Waals surface area contributed by atoms with Crippen LogP contribution in [0.3, 0.4) is 0 Å². The fourth-order valence-corrected chi connectivity index (χ4v) is 1.68. The van der Waals surface area contributed by atoms with E-state index >= 15 is 0 Å². The van der Waals surface area contributed by atoms with Gasteiger partial charge in [0.1, 0.15) is 0 Å². The summed E-state index contributed by atoms with van der Waals surface area (Å²) in [5.41, 5.74) is 0.685. The van der Waals surface area contributed by atoms with E-state index in [-0.39, 0.29) is 18.7 Å². The number of hydrogen-bond donors (Lipinski definition) is 1. The monoisotopic (exact) mass is 275 g/mol. The van der Waals surface area contributed by atoms with Crippen molar-refractivity contribution in [1.82, 2.24) is 0 Å². The van der Waals surface area contributed by atoms with Crippen molar-refractivity contribution >= 4 is 15.9 Å². The molecule has 0 aliphatic carbocycles. The molecule has 0 spiro atoms. The Kier molecular flexibility index (Phi) is 3.90. The van der Waals surface area contributed by atoms with Crippen molar-refractivity contribution in [3.63, 3.8) is 0 Å². The van der Waals surface area contributed by atoms with Crippen molar-refractivity contribution in [2.45, 2.75) is 6.42 Å². The lowest BCUT2D eigenvalue weighted by atomic mass is 10.1. The first kappa shape index (κ1) is 11.8. The predicted octanol–water partition coefficient (Wildman–Crippen LogP) is 1.98. The van der Waals surface area contributed by atoms with Gasteiger partial charge in [0.25, 0.3) is 0 Å². The summed E-state index contributed by atoms with van der Waals surface area (Å²) in [5, 5.41) is 19.8. The maximum Gasteiger partial charge on any atom is 0.207 e. The average molecular weight is 276 g/mol. The molecule has 1 rings (SSSR count). The number of methoxy groups -OCH3 is 1. The van der Waals surface area contributed by atoms with Gasteiger partial charge < -0.3 is 9.84 Å². The van der Waals surface area contributed by atoms with Crippen molar-refractivity contribution in [3.8, 4) is 11.5 Å². The van der Waals surface area contributed by atoms with Crippen molar-refractivity contribution < 1.29 is 14.8 Å². The fraction of sp³-hybridized carbons (Fsp3) is 0.333. The maximum atomic E-state index is 10.2. The zero-order valence-electron chi connectivity index (χ0n) is 8.07. The Balaban J connectivity index is 2.91. The molecule has 0 saturated heterocycles. The van der Waals surface area contributed by atoms with Gasteiger partial charge in [-0.3, -0.25) is 10.1 Å². The number of halogens is 1. The highest BCUT2D eigenvalue weighted by molar-refractivity contribution is 9.10. The molecule has 0 unspecified atom stereocenters. The van der Waals surface area contributed by atoms with Crippen LogP contribution in [-0.4, -0.2) is 23.7 Å². The molecule has 0 radical (unpaired) electrons. The zero-order chi connectivity index (χ0) is 11.4. The second-order valence-electron chi connectivity index (χ2n) is 2.90. The van der Waals surface area contributed by atoms with E-state index in [1.54, 1.807) is 12.1 Å². The smallest absolute Gasteiger partial charge is 0.207 e. The highest BCUT2D eigenvalue weighted by Crippen LogP contribution is 2.36. The summed E-state index contributed by atoms with van der Waals surface area (Å²) in [5.74, 6) is 0.310. The van der Waals surface area contributed by atoms with E-state index in [1.807, 2.05) is 0 Å². The summed E-state index contributed by atoms with van der Waals surface area (Å²) in [7, 11) is 1.44. The molecule has 0 aliphatic heterocycles. The number of rotatable bonds is 4. The van der Waals surface area contributed by atoms with Crippen LogP contribution in [0.15, 0.2) is 16.6 Å². The van der Waals surface area contributed by atoms with Crippen LogP contribution in [-0.2, 0) is 6.42 Å². The molecular formula is C9H10BrNO4. The van der Waals surface area contributed by atoms with Crippen molar-refractivity contribution in [2.75, 3.05) is 13.7 Å². The maximum absolute atomic E-state index is 10.2. The number of nitro groups is 1. The van der Waals surface area contributed by atoms with Crippen molar-refractivity contribution in [1.29, 1.82) is 0 Å². The minimum Gasteiger partial charge on any atom is -0.503 e. The van der Waals surface area contributed by atoms with Crippen LogP contribution in [0.2, 0.25) is 0 Å². The van der Waals surface area contributed by atoms with Gasteiger partial charge in [-0.2, -0.15) is 0 Å². The van der Waals surface area contributed by atoms with E-state index in [2.05, 4.69) is 15.9 Å². The molecule has 6 heteroatoms. The van der Waals surface area contributed by atoms with Crippen LogP contribution in [0.5, 0.6) is 11.5 Å². The Hall–Kier alpha value is -1.30. The number of phenols is 1. The molecule has 0 fully saturated rings. The largest absolute Gasteiger partial charge is 0.503 e. The highest BCUT2D eigenvalue weighted by Gasteiger charge is 2.12. The number of benzene rings is 1. The second-order valence-corrected chi connectivity index (χ2v) is 3.69. The topological polar surface area (TPSA) is 72.6 Å². The molecule has 0 aromatic heterocycles. The molecule has 15 heavy (non-hydrogen) atoms. The van der Waals surface area contributed by atoms with Crippen LogP contribution < -0.4 is 4.74 Å². The minimum absolute atomic E-state index is 0.0293. The molecule has 0 aliphatic rings. The quantitative estimate of drug-likeness (QED) is 0.674.